The number of anilines is 1. The number of rotatable bonds is 3. The molecule has 0 N–H and O–H groups in total. The lowest BCUT2D eigenvalue weighted by atomic mass is 10.0. The zero-order valence-electron chi connectivity index (χ0n) is 15.2. The van der Waals surface area contributed by atoms with Gasteiger partial charge >= 0.3 is 0 Å². The topological polar surface area (TPSA) is 47.5 Å². The van der Waals surface area contributed by atoms with E-state index in [1.54, 1.807) is 6.20 Å². The molecule has 1 fully saturated rings. The van der Waals surface area contributed by atoms with E-state index < -0.39 is 0 Å². The largest absolute Gasteiger partial charge is 0.486 e. The smallest absolute Gasteiger partial charge is 0.165 e. The zero-order chi connectivity index (χ0) is 17.4. The molecule has 2 aromatic rings. The van der Waals surface area contributed by atoms with E-state index in [0.29, 0.717) is 0 Å². The van der Waals surface area contributed by atoms with Crippen molar-refractivity contribution in [1.82, 2.24) is 9.97 Å². The number of aromatic nitrogens is 2. The molecule has 3 heterocycles. The second kappa shape index (κ2) is 6.21. The number of piperidine rings is 1. The van der Waals surface area contributed by atoms with E-state index in [1.807, 2.05) is 19.2 Å². The number of para-hydroxylation sites is 1. The molecule has 25 heavy (non-hydrogen) atoms. The van der Waals surface area contributed by atoms with E-state index in [0.717, 1.165) is 55.4 Å². The number of hydrogen-bond acceptors (Lipinski definition) is 5. The molecule has 0 aliphatic carbocycles. The predicted molar refractivity (Wildman–Crippen MR) is 97.5 cm³/mol. The van der Waals surface area contributed by atoms with Gasteiger partial charge in [0, 0.05) is 44.1 Å². The van der Waals surface area contributed by atoms with Crippen molar-refractivity contribution < 1.29 is 9.47 Å². The Bertz CT molecular complexity index is 767. The van der Waals surface area contributed by atoms with Crippen molar-refractivity contribution in [3.8, 4) is 11.5 Å². The SMILES string of the molecule is Cc1cncc(N2CCC(Oc3cccc4c3OC(C)(C)C4)CC2)n1. The van der Waals surface area contributed by atoms with Gasteiger partial charge < -0.3 is 14.4 Å². The fourth-order valence-corrected chi connectivity index (χ4v) is 3.67. The average Bonchev–Trinajstić information content (AvgIpc) is 2.91. The number of fused-ring (bicyclic) bond motifs is 1. The van der Waals surface area contributed by atoms with Crippen LogP contribution in [-0.4, -0.2) is 34.8 Å². The molecular weight excluding hydrogens is 314 g/mol. The summed E-state index contributed by atoms with van der Waals surface area (Å²) >= 11 is 0. The van der Waals surface area contributed by atoms with Gasteiger partial charge in [0.2, 0.25) is 0 Å². The number of hydrogen-bond donors (Lipinski definition) is 0. The Labute approximate surface area is 149 Å². The van der Waals surface area contributed by atoms with Crippen LogP contribution in [-0.2, 0) is 6.42 Å². The van der Waals surface area contributed by atoms with Gasteiger partial charge in [0.25, 0.3) is 0 Å². The monoisotopic (exact) mass is 339 g/mol. The van der Waals surface area contributed by atoms with Gasteiger partial charge in [-0.15, -0.1) is 0 Å². The van der Waals surface area contributed by atoms with Gasteiger partial charge in [0.15, 0.2) is 11.5 Å². The minimum absolute atomic E-state index is 0.144. The van der Waals surface area contributed by atoms with E-state index >= 15 is 0 Å². The molecule has 0 saturated carbocycles. The summed E-state index contributed by atoms with van der Waals surface area (Å²) in [5.41, 5.74) is 2.06. The van der Waals surface area contributed by atoms with Crippen LogP contribution in [0.2, 0.25) is 0 Å². The van der Waals surface area contributed by atoms with Crippen molar-refractivity contribution in [2.24, 2.45) is 0 Å². The summed E-state index contributed by atoms with van der Waals surface area (Å²) in [7, 11) is 0. The summed E-state index contributed by atoms with van der Waals surface area (Å²) in [4.78, 5) is 11.1. The molecule has 5 nitrogen and oxygen atoms in total. The minimum atomic E-state index is -0.144. The van der Waals surface area contributed by atoms with Crippen LogP contribution in [0.15, 0.2) is 30.6 Å². The molecular formula is C20H25N3O2. The molecule has 5 heteroatoms. The predicted octanol–water partition coefficient (Wildman–Crippen LogP) is 3.55. The minimum Gasteiger partial charge on any atom is -0.486 e. The molecule has 0 atom stereocenters. The van der Waals surface area contributed by atoms with Crippen molar-refractivity contribution in [1.29, 1.82) is 0 Å². The highest BCUT2D eigenvalue weighted by atomic mass is 16.5. The highest BCUT2D eigenvalue weighted by Crippen LogP contribution is 2.42. The molecule has 0 unspecified atom stereocenters. The van der Waals surface area contributed by atoms with Crippen LogP contribution in [0.4, 0.5) is 5.82 Å². The maximum Gasteiger partial charge on any atom is 0.165 e. The highest BCUT2D eigenvalue weighted by molar-refractivity contribution is 5.50. The lowest BCUT2D eigenvalue weighted by Gasteiger charge is -2.33. The lowest BCUT2D eigenvalue weighted by Crippen LogP contribution is -2.38. The summed E-state index contributed by atoms with van der Waals surface area (Å²) in [5.74, 6) is 2.78. The Morgan fingerprint density at radius 2 is 2.00 bits per heavy atom. The molecule has 2 aliphatic rings. The van der Waals surface area contributed by atoms with Gasteiger partial charge in [-0.05, 0) is 26.8 Å². The first-order chi connectivity index (χ1) is 12.0. The molecule has 132 valence electrons. The van der Waals surface area contributed by atoms with Gasteiger partial charge in [0.05, 0.1) is 11.9 Å². The normalized spacial score (nSPS) is 19.4. The average molecular weight is 339 g/mol. The highest BCUT2D eigenvalue weighted by Gasteiger charge is 2.33. The molecule has 4 rings (SSSR count). The summed E-state index contributed by atoms with van der Waals surface area (Å²) in [6.45, 7) is 8.09. The van der Waals surface area contributed by atoms with Crippen LogP contribution in [0.25, 0.3) is 0 Å². The van der Waals surface area contributed by atoms with Crippen molar-refractivity contribution in [3.63, 3.8) is 0 Å². The molecule has 0 bridgehead atoms. The maximum absolute atomic E-state index is 6.31. The van der Waals surface area contributed by atoms with E-state index in [2.05, 4.69) is 40.8 Å². The molecule has 2 aliphatic heterocycles. The number of benzene rings is 1. The second-order valence-corrected chi connectivity index (χ2v) is 7.61. The van der Waals surface area contributed by atoms with Gasteiger partial charge in [-0.1, -0.05) is 12.1 Å². The van der Waals surface area contributed by atoms with Crippen LogP contribution in [0.5, 0.6) is 11.5 Å². The van der Waals surface area contributed by atoms with E-state index in [-0.39, 0.29) is 11.7 Å². The van der Waals surface area contributed by atoms with Crippen LogP contribution in [0.3, 0.4) is 0 Å². The number of ether oxygens (including phenoxy) is 2. The quantitative estimate of drug-likeness (QED) is 0.856. The first-order valence-electron chi connectivity index (χ1n) is 9.01. The van der Waals surface area contributed by atoms with E-state index in [1.165, 1.54) is 5.56 Å². The number of nitrogens with zero attached hydrogens (tertiary/aromatic N) is 3. The van der Waals surface area contributed by atoms with Crippen LogP contribution < -0.4 is 14.4 Å². The fraction of sp³-hybridized carbons (Fsp3) is 0.500. The van der Waals surface area contributed by atoms with Crippen molar-refractivity contribution >= 4 is 5.82 Å². The molecule has 1 saturated heterocycles. The van der Waals surface area contributed by atoms with Gasteiger partial charge in [-0.25, -0.2) is 4.98 Å². The lowest BCUT2D eigenvalue weighted by molar-refractivity contribution is 0.119. The third-order valence-electron chi connectivity index (χ3n) is 4.86. The first-order valence-corrected chi connectivity index (χ1v) is 9.01. The van der Waals surface area contributed by atoms with Crippen molar-refractivity contribution in [2.45, 2.75) is 51.7 Å². The standard InChI is InChI=1S/C20H25N3O2/c1-14-12-21-13-18(22-14)23-9-7-16(8-10-23)24-17-6-4-5-15-11-20(2,3)25-19(15)17/h4-6,12-13,16H,7-11H2,1-3H3. The third kappa shape index (κ3) is 3.41. The summed E-state index contributed by atoms with van der Waals surface area (Å²) in [6.07, 6.45) is 6.73. The van der Waals surface area contributed by atoms with E-state index in [9.17, 15) is 0 Å². The van der Waals surface area contributed by atoms with E-state index in [4.69, 9.17) is 9.47 Å². The second-order valence-electron chi connectivity index (χ2n) is 7.61. The molecule has 0 spiro atoms. The Hall–Kier alpha value is -2.30. The van der Waals surface area contributed by atoms with Gasteiger partial charge in [-0.3, -0.25) is 4.98 Å². The third-order valence-corrected chi connectivity index (χ3v) is 4.86. The zero-order valence-corrected chi connectivity index (χ0v) is 15.2. The van der Waals surface area contributed by atoms with Gasteiger partial charge in [0.1, 0.15) is 17.5 Å². The Balaban J connectivity index is 1.41. The molecule has 0 amide bonds. The molecule has 1 aromatic carbocycles. The van der Waals surface area contributed by atoms with Crippen LogP contribution in [0, 0.1) is 6.92 Å². The Kier molecular flexibility index (Phi) is 4.02. The summed E-state index contributed by atoms with van der Waals surface area (Å²) in [6, 6.07) is 6.23. The first kappa shape index (κ1) is 16.2. The Morgan fingerprint density at radius 3 is 2.76 bits per heavy atom. The number of aryl methyl sites for hydroxylation is 1. The van der Waals surface area contributed by atoms with Crippen molar-refractivity contribution in [3.05, 3.63) is 41.9 Å². The summed E-state index contributed by atoms with van der Waals surface area (Å²) < 4.78 is 12.4. The van der Waals surface area contributed by atoms with Crippen molar-refractivity contribution in [2.75, 3.05) is 18.0 Å². The van der Waals surface area contributed by atoms with Gasteiger partial charge in [-0.2, -0.15) is 0 Å². The maximum atomic E-state index is 6.31. The van der Waals surface area contributed by atoms with Crippen LogP contribution in [0.1, 0.15) is 37.9 Å². The van der Waals surface area contributed by atoms with Crippen LogP contribution >= 0.6 is 0 Å². The summed E-state index contributed by atoms with van der Waals surface area (Å²) in [5, 5.41) is 0. The Morgan fingerprint density at radius 1 is 1.20 bits per heavy atom. The fourth-order valence-electron chi connectivity index (χ4n) is 3.67. The molecule has 0 radical (unpaired) electrons. The molecule has 1 aromatic heterocycles.